The molecule has 1 aromatic heterocycles. The summed E-state index contributed by atoms with van der Waals surface area (Å²) < 4.78 is 29.5. The van der Waals surface area contributed by atoms with Gasteiger partial charge in [-0.15, -0.1) is 0 Å². The lowest BCUT2D eigenvalue weighted by Crippen LogP contribution is -2.37. The molecule has 1 fully saturated rings. The lowest BCUT2D eigenvalue weighted by Gasteiger charge is -2.35. The standard InChI is InChI=1S/C40H59NO7Si/c1-27(2)32(22-38(37-23-33(28(3)4)39(42)47-37)48-40(43)46-25-29-13-10-9-11-14-29)35(26-45-19-20-49(6,7)8)30-16-17-36-34(21-30)31(24-41-36)15-12-18-44-5/h9-11,13-14,16-17,21,24,27-28,32-33,35,37-38,41H,12,15,18-20,22-23,25-26H2,1-8H3. The normalized spacial score (nSPS) is 18.5. The van der Waals surface area contributed by atoms with Crippen LogP contribution in [0.5, 0.6) is 0 Å². The Kier molecular flexibility index (Phi) is 14.4. The molecule has 2 heterocycles. The number of aromatic nitrogens is 1. The third-order valence-corrected chi connectivity index (χ3v) is 11.6. The predicted molar refractivity (Wildman–Crippen MR) is 197 cm³/mol. The fraction of sp³-hybridized carbons (Fsp3) is 0.600. The molecular weight excluding hydrogens is 635 g/mol. The zero-order chi connectivity index (χ0) is 35.6. The summed E-state index contributed by atoms with van der Waals surface area (Å²) in [5, 5.41) is 1.21. The average Bonchev–Trinajstić information content (AvgIpc) is 3.65. The summed E-state index contributed by atoms with van der Waals surface area (Å²) in [4.78, 5) is 29.6. The molecule has 1 N–H and O–H groups in total. The van der Waals surface area contributed by atoms with Gasteiger partial charge >= 0.3 is 12.1 Å². The van der Waals surface area contributed by atoms with E-state index in [2.05, 4.69) is 62.9 Å². The molecule has 0 amide bonds. The molecule has 1 aliphatic rings. The lowest BCUT2D eigenvalue weighted by molar-refractivity contribution is -0.150. The quantitative estimate of drug-likeness (QED) is 0.0760. The van der Waals surface area contributed by atoms with Crippen LogP contribution in [0.15, 0.2) is 54.7 Å². The molecule has 270 valence electrons. The minimum atomic E-state index is -1.28. The molecular formula is C40H59NO7Si. The van der Waals surface area contributed by atoms with Crippen LogP contribution in [-0.2, 0) is 41.5 Å². The molecule has 5 atom stereocenters. The maximum absolute atomic E-state index is 13.2. The zero-order valence-corrected chi connectivity index (χ0v) is 32.0. The first kappa shape index (κ1) is 38.7. The number of nitrogens with one attached hydrogen (secondary N) is 1. The van der Waals surface area contributed by atoms with Crippen LogP contribution in [0.2, 0.25) is 25.7 Å². The molecule has 8 nitrogen and oxygen atoms in total. The van der Waals surface area contributed by atoms with Gasteiger partial charge in [0.15, 0.2) is 0 Å². The first-order valence-electron chi connectivity index (χ1n) is 18.1. The van der Waals surface area contributed by atoms with Gasteiger partial charge in [0, 0.05) is 57.8 Å². The number of cyclic esters (lactones) is 1. The first-order valence-corrected chi connectivity index (χ1v) is 21.8. The van der Waals surface area contributed by atoms with Gasteiger partial charge in [0.2, 0.25) is 0 Å². The summed E-state index contributed by atoms with van der Waals surface area (Å²) in [6.07, 6.45) is 3.04. The number of aryl methyl sites for hydroxylation is 1. The minimum absolute atomic E-state index is 0.0252. The van der Waals surface area contributed by atoms with E-state index in [9.17, 15) is 9.59 Å². The number of ether oxygens (including phenoxy) is 5. The van der Waals surface area contributed by atoms with Crippen molar-refractivity contribution in [3.05, 3.63) is 71.4 Å². The second-order valence-electron chi connectivity index (χ2n) is 15.6. The second kappa shape index (κ2) is 18.2. The van der Waals surface area contributed by atoms with Gasteiger partial charge in [-0.3, -0.25) is 4.79 Å². The van der Waals surface area contributed by atoms with E-state index in [1.165, 1.54) is 16.5 Å². The number of methoxy groups -OCH3 is 1. The van der Waals surface area contributed by atoms with Crippen molar-refractivity contribution in [3.63, 3.8) is 0 Å². The average molecular weight is 694 g/mol. The summed E-state index contributed by atoms with van der Waals surface area (Å²) >= 11 is 0. The van der Waals surface area contributed by atoms with Gasteiger partial charge in [0.05, 0.1) is 12.5 Å². The molecule has 1 saturated heterocycles. The van der Waals surface area contributed by atoms with E-state index in [4.69, 9.17) is 23.7 Å². The second-order valence-corrected chi connectivity index (χ2v) is 21.2. The van der Waals surface area contributed by atoms with Gasteiger partial charge in [-0.2, -0.15) is 0 Å². The Balaban J connectivity index is 1.64. The monoisotopic (exact) mass is 693 g/mol. The third kappa shape index (κ3) is 11.4. The van der Waals surface area contributed by atoms with Crippen molar-refractivity contribution in [1.82, 2.24) is 4.98 Å². The van der Waals surface area contributed by atoms with Crippen molar-refractivity contribution in [1.29, 1.82) is 0 Å². The number of rotatable bonds is 19. The lowest BCUT2D eigenvalue weighted by atomic mass is 9.75. The highest BCUT2D eigenvalue weighted by atomic mass is 28.3. The van der Waals surface area contributed by atoms with E-state index in [1.54, 1.807) is 7.11 Å². The Hall–Kier alpha value is -3.14. The number of esters is 1. The van der Waals surface area contributed by atoms with Crippen LogP contribution in [-0.4, -0.2) is 64.3 Å². The van der Waals surface area contributed by atoms with Crippen LogP contribution in [0.3, 0.4) is 0 Å². The van der Waals surface area contributed by atoms with Crippen LogP contribution >= 0.6 is 0 Å². The van der Waals surface area contributed by atoms with Crippen molar-refractivity contribution >= 4 is 31.1 Å². The molecule has 0 bridgehead atoms. The molecule has 0 aliphatic carbocycles. The number of carbonyl (C=O) groups is 2. The Morgan fingerprint density at radius 3 is 2.45 bits per heavy atom. The Labute approximate surface area is 294 Å². The van der Waals surface area contributed by atoms with Crippen LogP contribution in [0.1, 0.15) is 69.6 Å². The van der Waals surface area contributed by atoms with E-state index >= 15 is 0 Å². The van der Waals surface area contributed by atoms with E-state index in [0.717, 1.165) is 30.0 Å². The maximum Gasteiger partial charge on any atom is 0.509 e. The van der Waals surface area contributed by atoms with Gasteiger partial charge in [-0.1, -0.05) is 83.7 Å². The highest BCUT2D eigenvalue weighted by Gasteiger charge is 2.44. The van der Waals surface area contributed by atoms with Crippen molar-refractivity contribution in [2.75, 3.05) is 26.9 Å². The number of hydrogen-bond donors (Lipinski definition) is 1. The smallest absolute Gasteiger partial charge is 0.458 e. The number of aromatic amines is 1. The summed E-state index contributed by atoms with van der Waals surface area (Å²) in [7, 11) is 0.453. The largest absolute Gasteiger partial charge is 0.509 e. The van der Waals surface area contributed by atoms with E-state index < -0.39 is 26.4 Å². The number of benzene rings is 2. The van der Waals surface area contributed by atoms with Gasteiger partial charge in [-0.25, -0.2) is 4.79 Å². The molecule has 3 aromatic rings. The number of H-pyrrole nitrogens is 1. The number of carbonyl (C=O) groups excluding carboxylic acids is 2. The van der Waals surface area contributed by atoms with Gasteiger partial charge < -0.3 is 28.7 Å². The number of hydrogen-bond acceptors (Lipinski definition) is 7. The maximum atomic E-state index is 13.2. The molecule has 1 aliphatic heterocycles. The fourth-order valence-corrected chi connectivity index (χ4v) is 7.58. The number of fused-ring (bicyclic) bond motifs is 1. The van der Waals surface area contributed by atoms with Gasteiger partial charge in [0.1, 0.15) is 18.8 Å². The van der Waals surface area contributed by atoms with Gasteiger partial charge in [-0.05, 0) is 71.9 Å². The van der Waals surface area contributed by atoms with Crippen LogP contribution < -0.4 is 0 Å². The zero-order valence-electron chi connectivity index (χ0n) is 31.0. The molecule has 0 saturated carbocycles. The Bertz CT molecular complexity index is 1460. The molecule has 4 rings (SSSR count). The van der Waals surface area contributed by atoms with Crippen LogP contribution in [0.25, 0.3) is 10.9 Å². The Morgan fingerprint density at radius 2 is 1.80 bits per heavy atom. The fourth-order valence-electron chi connectivity index (χ4n) is 6.82. The first-order chi connectivity index (χ1) is 23.4. The summed E-state index contributed by atoms with van der Waals surface area (Å²) in [6, 6.07) is 17.3. The molecule has 9 heteroatoms. The van der Waals surface area contributed by atoms with E-state index in [1.807, 2.05) is 44.2 Å². The minimum Gasteiger partial charge on any atom is -0.458 e. The summed E-state index contributed by atoms with van der Waals surface area (Å²) in [5.74, 6) is -0.0262. The summed E-state index contributed by atoms with van der Waals surface area (Å²) in [6.45, 7) is 17.7. The topological polar surface area (TPSA) is 96.1 Å². The van der Waals surface area contributed by atoms with Crippen LogP contribution in [0, 0.1) is 23.7 Å². The summed E-state index contributed by atoms with van der Waals surface area (Å²) in [5.41, 5.74) is 4.45. The van der Waals surface area contributed by atoms with Crippen molar-refractivity contribution in [2.45, 2.75) is 104 Å². The highest BCUT2D eigenvalue weighted by Crippen LogP contribution is 2.40. The van der Waals surface area contributed by atoms with Crippen molar-refractivity contribution in [3.8, 4) is 0 Å². The Morgan fingerprint density at radius 1 is 1.04 bits per heavy atom. The molecule has 5 unspecified atom stereocenters. The molecule has 49 heavy (non-hydrogen) atoms. The van der Waals surface area contributed by atoms with Crippen molar-refractivity contribution < 1.29 is 33.3 Å². The van der Waals surface area contributed by atoms with Crippen molar-refractivity contribution in [2.24, 2.45) is 23.7 Å². The molecule has 0 radical (unpaired) electrons. The molecule has 2 aromatic carbocycles. The van der Waals surface area contributed by atoms with E-state index in [-0.39, 0.29) is 42.2 Å². The third-order valence-electron chi connectivity index (χ3n) is 9.91. The van der Waals surface area contributed by atoms with E-state index in [0.29, 0.717) is 32.7 Å². The molecule has 0 spiro atoms. The highest BCUT2D eigenvalue weighted by molar-refractivity contribution is 6.76. The predicted octanol–water partition coefficient (Wildman–Crippen LogP) is 9.16. The van der Waals surface area contributed by atoms with Gasteiger partial charge in [0.25, 0.3) is 0 Å². The SMILES string of the molecule is COCCCc1c[nH]c2ccc(C(COCC[Si](C)(C)C)C(CC(OC(=O)OCc3ccccc3)C3CC(C(C)C)C(=O)O3)C(C)C)cc12. The van der Waals surface area contributed by atoms with Crippen LogP contribution in [0.4, 0.5) is 4.79 Å².